The summed E-state index contributed by atoms with van der Waals surface area (Å²) < 4.78 is 0. The van der Waals surface area contributed by atoms with Crippen LogP contribution in [-0.2, 0) is 4.79 Å². The highest BCUT2D eigenvalue weighted by Crippen LogP contribution is 2.13. The second-order valence-electron chi connectivity index (χ2n) is 4.41. The van der Waals surface area contributed by atoms with Crippen LogP contribution in [0.1, 0.15) is 23.5 Å². The van der Waals surface area contributed by atoms with Gasteiger partial charge in [0.05, 0.1) is 4.88 Å². The summed E-state index contributed by atoms with van der Waals surface area (Å²) in [6, 6.07) is 2.90. The maximum absolute atomic E-state index is 12.2. The van der Waals surface area contributed by atoms with E-state index in [0.29, 0.717) is 10.0 Å². The largest absolute Gasteiger partial charge is 0.339 e. The molecule has 2 aromatic heterocycles. The predicted octanol–water partition coefficient (Wildman–Crippen LogP) is 1.99. The highest BCUT2D eigenvalue weighted by molar-refractivity contribution is 7.13. The average molecular weight is 310 g/mol. The topological polar surface area (TPSA) is 84.0 Å². The third-order valence-corrected chi connectivity index (χ3v) is 4.05. The number of rotatable bonds is 5. The Morgan fingerprint density at radius 3 is 2.65 bits per heavy atom. The van der Waals surface area contributed by atoms with Crippen molar-refractivity contribution in [3.8, 4) is 0 Å². The first-order chi connectivity index (χ1) is 9.58. The molecule has 0 aliphatic rings. The van der Waals surface area contributed by atoms with E-state index < -0.39 is 6.04 Å². The van der Waals surface area contributed by atoms with Gasteiger partial charge in [-0.3, -0.25) is 14.9 Å². The van der Waals surface area contributed by atoms with Gasteiger partial charge in [0.1, 0.15) is 11.6 Å². The molecule has 2 amide bonds. The first-order valence-corrected chi connectivity index (χ1v) is 7.75. The van der Waals surface area contributed by atoms with Crippen LogP contribution in [0.4, 0.5) is 5.13 Å². The molecule has 0 fully saturated rings. The summed E-state index contributed by atoms with van der Waals surface area (Å²) in [5.41, 5.74) is 1.53. The molecule has 2 aromatic rings. The molecule has 8 heteroatoms. The standard InChI is InChI=1S/C12H14N4O2S2/c1-7(2)9(11(18)15-12-16-13-6-20-12)14-10(17)8-4-3-5-19-8/h3-7,9H,1-2H3,(H,14,17)(H,15,16,18)/t9-/m0/s1. The van der Waals surface area contributed by atoms with Gasteiger partial charge in [-0.25, -0.2) is 0 Å². The van der Waals surface area contributed by atoms with Crippen LogP contribution < -0.4 is 10.6 Å². The Morgan fingerprint density at radius 2 is 2.10 bits per heavy atom. The van der Waals surface area contributed by atoms with Crippen LogP contribution in [0.3, 0.4) is 0 Å². The van der Waals surface area contributed by atoms with E-state index in [-0.39, 0.29) is 17.7 Å². The number of thiophene rings is 1. The van der Waals surface area contributed by atoms with Gasteiger partial charge in [0, 0.05) is 0 Å². The second kappa shape index (κ2) is 6.58. The summed E-state index contributed by atoms with van der Waals surface area (Å²) in [6.07, 6.45) is 0. The van der Waals surface area contributed by atoms with Gasteiger partial charge < -0.3 is 5.32 Å². The van der Waals surface area contributed by atoms with Crippen LogP contribution in [0.5, 0.6) is 0 Å². The molecule has 2 heterocycles. The summed E-state index contributed by atoms with van der Waals surface area (Å²) >= 11 is 2.57. The van der Waals surface area contributed by atoms with E-state index in [4.69, 9.17) is 0 Å². The van der Waals surface area contributed by atoms with Gasteiger partial charge >= 0.3 is 0 Å². The number of hydrogen-bond donors (Lipinski definition) is 2. The molecule has 1 atom stereocenters. The van der Waals surface area contributed by atoms with Gasteiger partial charge in [0.2, 0.25) is 11.0 Å². The minimum Gasteiger partial charge on any atom is -0.339 e. The van der Waals surface area contributed by atoms with Gasteiger partial charge in [0.15, 0.2) is 0 Å². The molecule has 0 saturated carbocycles. The van der Waals surface area contributed by atoms with Crippen molar-refractivity contribution in [3.05, 3.63) is 27.9 Å². The fourth-order valence-corrected chi connectivity index (χ4v) is 2.64. The van der Waals surface area contributed by atoms with E-state index in [0.717, 1.165) is 0 Å². The molecule has 20 heavy (non-hydrogen) atoms. The van der Waals surface area contributed by atoms with Crippen LogP contribution in [0, 0.1) is 5.92 Å². The Balaban J connectivity index is 2.03. The molecule has 6 nitrogen and oxygen atoms in total. The van der Waals surface area contributed by atoms with Crippen molar-refractivity contribution in [2.24, 2.45) is 5.92 Å². The lowest BCUT2D eigenvalue weighted by Crippen LogP contribution is -2.46. The van der Waals surface area contributed by atoms with Gasteiger partial charge in [-0.05, 0) is 17.4 Å². The Kier molecular flexibility index (Phi) is 4.80. The van der Waals surface area contributed by atoms with Crippen molar-refractivity contribution in [2.75, 3.05) is 5.32 Å². The molecular formula is C12H14N4O2S2. The van der Waals surface area contributed by atoms with Gasteiger partial charge in [-0.2, -0.15) is 0 Å². The predicted molar refractivity (Wildman–Crippen MR) is 78.9 cm³/mol. The molecule has 0 aliphatic carbocycles. The third kappa shape index (κ3) is 3.61. The number of nitrogens with zero attached hydrogens (tertiary/aromatic N) is 2. The zero-order valence-electron chi connectivity index (χ0n) is 11.0. The van der Waals surface area contributed by atoms with Crippen molar-refractivity contribution >= 4 is 39.6 Å². The lowest BCUT2D eigenvalue weighted by atomic mass is 10.0. The Bertz CT molecular complexity index is 566. The molecule has 0 bridgehead atoms. The summed E-state index contributed by atoms with van der Waals surface area (Å²) in [4.78, 5) is 24.8. The Labute approximate surface area is 124 Å². The number of amides is 2. The van der Waals surface area contributed by atoms with Gasteiger partial charge in [-0.1, -0.05) is 31.3 Å². The van der Waals surface area contributed by atoms with Crippen molar-refractivity contribution in [3.63, 3.8) is 0 Å². The maximum atomic E-state index is 12.2. The van der Waals surface area contributed by atoms with Crippen LogP contribution in [0.2, 0.25) is 0 Å². The first kappa shape index (κ1) is 14.6. The van der Waals surface area contributed by atoms with Crippen molar-refractivity contribution < 1.29 is 9.59 Å². The van der Waals surface area contributed by atoms with Crippen LogP contribution in [0.25, 0.3) is 0 Å². The number of anilines is 1. The molecule has 2 N–H and O–H groups in total. The number of carbonyl (C=O) groups excluding carboxylic acids is 2. The quantitative estimate of drug-likeness (QED) is 0.884. The molecule has 0 radical (unpaired) electrons. The normalized spacial score (nSPS) is 12.2. The average Bonchev–Trinajstić information content (AvgIpc) is 3.07. The Morgan fingerprint density at radius 1 is 1.30 bits per heavy atom. The number of carbonyl (C=O) groups is 2. The SMILES string of the molecule is CC(C)[C@H](NC(=O)c1cccs1)C(=O)Nc1nncs1. The minimum atomic E-state index is -0.617. The third-order valence-electron chi connectivity index (χ3n) is 2.57. The Hall–Kier alpha value is -1.80. The van der Waals surface area contributed by atoms with Crippen LogP contribution in [0.15, 0.2) is 23.0 Å². The zero-order chi connectivity index (χ0) is 14.5. The molecule has 0 aliphatic heterocycles. The van der Waals surface area contributed by atoms with E-state index in [1.54, 1.807) is 12.1 Å². The molecular weight excluding hydrogens is 296 g/mol. The first-order valence-electron chi connectivity index (χ1n) is 5.99. The van der Waals surface area contributed by atoms with E-state index in [1.165, 1.54) is 28.2 Å². The fraction of sp³-hybridized carbons (Fsp3) is 0.333. The summed E-state index contributed by atoms with van der Waals surface area (Å²) in [6.45, 7) is 3.75. The highest BCUT2D eigenvalue weighted by Gasteiger charge is 2.25. The second-order valence-corrected chi connectivity index (χ2v) is 6.19. The summed E-state index contributed by atoms with van der Waals surface area (Å²) in [5, 5.41) is 15.0. The maximum Gasteiger partial charge on any atom is 0.262 e. The molecule has 2 rings (SSSR count). The lowest BCUT2D eigenvalue weighted by Gasteiger charge is -2.20. The van der Waals surface area contributed by atoms with E-state index in [1.807, 2.05) is 19.2 Å². The van der Waals surface area contributed by atoms with E-state index >= 15 is 0 Å². The lowest BCUT2D eigenvalue weighted by molar-refractivity contribution is -0.118. The molecule has 106 valence electrons. The van der Waals surface area contributed by atoms with Crippen molar-refractivity contribution in [1.82, 2.24) is 15.5 Å². The fourth-order valence-electron chi connectivity index (χ4n) is 1.57. The van der Waals surface area contributed by atoms with Gasteiger partial charge in [-0.15, -0.1) is 21.5 Å². The van der Waals surface area contributed by atoms with Crippen molar-refractivity contribution in [1.29, 1.82) is 0 Å². The number of aromatic nitrogens is 2. The smallest absolute Gasteiger partial charge is 0.262 e. The molecule has 0 spiro atoms. The van der Waals surface area contributed by atoms with Crippen molar-refractivity contribution in [2.45, 2.75) is 19.9 Å². The number of nitrogens with one attached hydrogen (secondary N) is 2. The monoisotopic (exact) mass is 310 g/mol. The minimum absolute atomic E-state index is 0.0353. The van der Waals surface area contributed by atoms with Crippen LogP contribution >= 0.6 is 22.7 Å². The highest BCUT2D eigenvalue weighted by atomic mass is 32.1. The molecule has 0 unspecified atom stereocenters. The van der Waals surface area contributed by atoms with E-state index in [9.17, 15) is 9.59 Å². The van der Waals surface area contributed by atoms with Gasteiger partial charge in [0.25, 0.3) is 5.91 Å². The summed E-state index contributed by atoms with van der Waals surface area (Å²) in [5.74, 6) is -0.570. The number of hydrogen-bond acceptors (Lipinski definition) is 6. The van der Waals surface area contributed by atoms with E-state index in [2.05, 4.69) is 20.8 Å². The molecule has 0 aromatic carbocycles. The zero-order valence-corrected chi connectivity index (χ0v) is 12.6. The summed E-state index contributed by atoms with van der Waals surface area (Å²) in [7, 11) is 0. The molecule has 0 saturated heterocycles. The van der Waals surface area contributed by atoms with Crippen LogP contribution in [-0.4, -0.2) is 28.1 Å².